The third-order valence-electron chi connectivity index (χ3n) is 3.56. The molecule has 1 atom stereocenters. The van der Waals surface area contributed by atoms with E-state index in [1.165, 1.54) is 11.6 Å². The van der Waals surface area contributed by atoms with Gasteiger partial charge in [-0.1, -0.05) is 48.8 Å². The molecule has 0 radical (unpaired) electrons. The summed E-state index contributed by atoms with van der Waals surface area (Å²) < 4.78 is 14.8. The Morgan fingerprint density at radius 1 is 1.05 bits per heavy atom. The van der Waals surface area contributed by atoms with Crippen molar-refractivity contribution < 1.29 is 4.39 Å². The largest absolute Gasteiger partial charge is 0.378 e. The van der Waals surface area contributed by atoms with Crippen LogP contribution in [0.3, 0.4) is 0 Å². The molecule has 2 aromatic rings. The highest BCUT2D eigenvalue weighted by atomic mass is 79.9. The molecule has 0 aliphatic rings. The first-order chi connectivity index (χ1) is 9.77. The lowest BCUT2D eigenvalue weighted by Gasteiger charge is -2.21. The molecule has 21 heavy (non-hydrogen) atoms. The Hall–Kier alpha value is -1.35. The summed E-state index contributed by atoms with van der Waals surface area (Å²) in [7, 11) is 0. The monoisotopic (exact) mass is 349 g/mol. The number of anilines is 1. The highest BCUT2D eigenvalue weighted by Crippen LogP contribution is 2.27. The van der Waals surface area contributed by atoms with Crippen LogP contribution in [0.15, 0.2) is 46.9 Å². The fourth-order valence-electron chi connectivity index (χ4n) is 2.24. The van der Waals surface area contributed by atoms with Crippen LogP contribution in [-0.4, -0.2) is 0 Å². The zero-order valence-electron chi connectivity index (χ0n) is 12.9. The van der Waals surface area contributed by atoms with E-state index in [0.29, 0.717) is 5.56 Å². The molecule has 0 aliphatic carbocycles. The molecule has 0 fully saturated rings. The van der Waals surface area contributed by atoms with Gasteiger partial charge in [0.2, 0.25) is 0 Å². The molecule has 0 spiro atoms. The zero-order chi connectivity index (χ0) is 15.6. The highest BCUT2D eigenvalue weighted by Gasteiger charge is 2.14. The quantitative estimate of drug-likeness (QED) is 0.710. The third-order valence-corrected chi connectivity index (χ3v) is 4.05. The Bertz CT molecular complexity index is 614. The summed E-state index contributed by atoms with van der Waals surface area (Å²) in [5.74, 6) is -0.190. The van der Waals surface area contributed by atoms with Crippen LogP contribution in [0.5, 0.6) is 0 Å². The van der Waals surface area contributed by atoms with Gasteiger partial charge in [-0.2, -0.15) is 0 Å². The van der Waals surface area contributed by atoms with E-state index in [-0.39, 0.29) is 17.3 Å². The van der Waals surface area contributed by atoms with Crippen LogP contribution in [0.4, 0.5) is 10.1 Å². The van der Waals surface area contributed by atoms with E-state index in [0.717, 1.165) is 10.2 Å². The second-order valence-corrected chi connectivity index (χ2v) is 7.27. The van der Waals surface area contributed by atoms with E-state index in [2.05, 4.69) is 54.2 Å². The molecule has 2 rings (SSSR count). The van der Waals surface area contributed by atoms with Gasteiger partial charge in [0.05, 0.1) is 6.04 Å². The predicted molar refractivity (Wildman–Crippen MR) is 91.3 cm³/mol. The molecule has 0 saturated heterocycles. The van der Waals surface area contributed by atoms with Gasteiger partial charge in [-0.25, -0.2) is 4.39 Å². The molecule has 0 heterocycles. The van der Waals surface area contributed by atoms with Crippen molar-refractivity contribution in [1.29, 1.82) is 0 Å². The summed E-state index contributed by atoms with van der Waals surface area (Å²) >= 11 is 3.39. The molecule has 112 valence electrons. The molecular formula is C18H21BrFN. The smallest absolute Gasteiger partial charge is 0.128 e. The van der Waals surface area contributed by atoms with E-state index < -0.39 is 0 Å². The van der Waals surface area contributed by atoms with Crippen LogP contribution >= 0.6 is 15.9 Å². The second kappa shape index (κ2) is 6.18. The molecule has 1 unspecified atom stereocenters. The molecule has 2 aromatic carbocycles. The second-order valence-electron chi connectivity index (χ2n) is 6.36. The molecule has 0 amide bonds. The van der Waals surface area contributed by atoms with Crippen LogP contribution in [0, 0.1) is 5.82 Å². The normalized spacial score (nSPS) is 13.0. The van der Waals surface area contributed by atoms with Gasteiger partial charge in [-0.15, -0.1) is 0 Å². The number of rotatable bonds is 3. The molecular weight excluding hydrogens is 329 g/mol. The Balaban J connectivity index is 2.16. The van der Waals surface area contributed by atoms with E-state index >= 15 is 0 Å². The minimum Gasteiger partial charge on any atom is -0.378 e. The molecule has 0 aromatic heterocycles. The van der Waals surface area contributed by atoms with Gasteiger partial charge in [0.25, 0.3) is 0 Å². The fourth-order valence-corrected chi connectivity index (χ4v) is 2.62. The maximum Gasteiger partial charge on any atom is 0.128 e. The SMILES string of the molecule is CC(Nc1ccc(C(C)(C)C)cc1)c1cc(Br)ccc1F. The molecule has 1 nitrogen and oxygen atoms in total. The minimum atomic E-state index is -0.190. The van der Waals surface area contributed by atoms with Crippen molar-refractivity contribution in [2.24, 2.45) is 0 Å². The van der Waals surface area contributed by atoms with Crippen molar-refractivity contribution in [3.05, 3.63) is 63.9 Å². The zero-order valence-corrected chi connectivity index (χ0v) is 14.5. The molecule has 0 bridgehead atoms. The van der Waals surface area contributed by atoms with Gasteiger partial charge in [-0.3, -0.25) is 0 Å². The van der Waals surface area contributed by atoms with E-state index in [1.807, 2.05) is 25.1 Å². The van der Waals surface area contributed by atoms with Gasteiger partial charge in [0.1, 0.15) is 5.82 Å². The first kappa shape index (κ1) is 16.0. The molecule has 3 heteroatoms. The number of benzene rings is 2. The number of nitrogens with one attached hydrogen (secondary N) is 1. The van der Waals surface area contributed by atoms with Crippen molar-refractivity contribution in [2.45, 2.75) is 39.2 Å². The summed E-state index contributed by atoms with van der Waals surface area (Å²) in [5.41, 5.74) is 3.08. The standard InChI is InChI=1S/C18H21BrFN/c1-12(16-11-14(19)7-10-17(16)20)21-15-8-5-13(6-9-15)18(2,3)4/h5-12,21H,1-4H3. The summed E-state index contributed by atoms with van der Waals surface area (Å²) in [4.78, 5) is 0. The summed E-state index contributed by atoms with van der Waals surface area (Å²) in [6, 6.07) is 13.3. The van der Waals surface area contributed by atoms with Crippen molar-refractivity contribution >= 4 is 21.6 Å². The van der Waals surface area contributed by atoms with Crippen LogP contribution in [-0.2, 0) is 5.41 Å². The van der Waals surface area contributed by atoms with Gasteiger partial charge in [0.15, 0.2) is 0 Å². The van der Waals surface area contributed by atoms with E-state index in [1.54, 1.807) is 6.07 Å². The maximum absolute atomic E-state index is 13.9. The Morgan fingerprint density at radius 3 is 2.24 bits per heavy atom. The average Bonchev–Trinajstić information content (AvgIpc) is 2.41. The van der Waals surface area contributed by atoms with Gasteiger partial charge >= 0.3 is 0 Å². The van der Waals surface area contributed by atoms with Crippen LogP contribution in [0.25, 0.3) is 0 Å². The Morgan fingerprint density at radius 2 is 1.67 bits per heavy atom. The Kier molecular flexibility index (Phi) is 4.72. The highest BCUT2D eigenvalue weighted by molar-refractivity contribution is 9.10. The summed E-state index contributed by atoms with van der Waals surface area (Å²) in [6.45, 7) is 8.53. The van der Waals surface area contributed by atoms with Gasteiger partial charge in [-0.05, 0) is 48.2 Å². The number of hydrogen-bond acceptors (Lipinski definition) is 1. The topological polar surface area (TPSA) is 12.0 Å². The van der Waals surface area contributed by atoms with Gasteiger partial charge in [0, 0.05) is 15.7 Å². The molecule has 1 N–H and O–H groups in total. The van der Waals surface area contributed by atoms with Crippen molar-refractivity contribution in [3.63, 3.8) is 0 Å². The third kappa shape index (κ3) is 4.07. The number of hydrogen-bond donors (Lipinski definition) is 1. The lowest BCUT2D eigenvalue weighted by atomic mass is 9.87. The Labute approximate surface area is 134 Å². The van der Waals surface area contributed by atoms with Crippen LogP contribution < -0.4 is 5.32 Å². The first-order valence-electron chi connectivity index (χ1n) is 7.09. The van der Waals surface area contributed by atoms with Crippen molar-refractivity contribution in [1.82, 2.24) is 0 Å². The molecule has 0 saturated carbocycles. The lowest BCUT2D eigenvalue weighted by molar-refractivity contribution is 0.590. The van der Waals surface area contributed by atoms with E-state index in [4.69, 9.17) is 0 Å². The van der Waals surface area contributed by atoms with Crippen LogP contribution in [0.2, 0.25) is 0 Å². The van der Waals surface area contributed by atoms with Gasteiger partial charge < -0.3 is 5.32 Å². The average molecular weight is 350 g/mol. The minimum absolute atomic E-state index is 0.0945. The van der Waals surface area contributed by atoms with Crippen molar-refractivity contribution in [3.8, 4) is 0 Å². The maximum atomic E-state index is 13.9. The molecule has 0 aliphatic heterocycles. The van der Waals surface area contributed by atoms with Crippen LogP contribution in [0.1, 0.15) is 44.9 Å². The number of halogens is 2. The summed E-state index contributed by atoms with van der Waals surface area (Å²) in [5, 5.41) is 3.34. The lowest BCUT2D eigenvalue weighted by Crippen LogP contribution is -2.12. The summed E-state index contributed by atoms with van der Waals surface area (Å²) in [6.07, 6.45) is 0. The fraction of sp³-hybridized carbons (Fsp3) is 0.333. The van der Waals surface area contributed by atoms with Crippen molar-refractivity contribution in [2.75, 3.05) is 5.32 Å². The predicted octanol–water partition coefficient (Wildman–Crippen LogP) is 6.06. The first-order valence-corrected chi connectivity index (χ1v) is 7.89. The van der Waals surface area contributed by atoms with E-state index in [9.17, 15) is 4.39 Å².